The van der Waals surface area contributed by atoms with E-state index < -0.39 is 0 Å². The number of anilines is 3. The van der Waals surface area contributed by atoms with Gasteiger partial charge in [-0.25, -0.2) is 14.8 Å². The van der Waals surface area contributed by atoms with E-state index in [1.807, 2.05) is 29.2 Å². The number of carbonyl (C=O) groups excluding carboxylic acids is 2. The van der Waals surface area contributed by atoms with Crippen molar-refractivity contribution in [3.8, 4) is 11.4 Å². The third kappa shape index (κ3) is 7.90. The Balaban J connectivity index is 1.00. The summed E-state index contributed by atoms with van der Waals surface area (Å²) in [4.78, 5) is 42.7. The quantitative estimate of drug-likeness (QED) is 0.364. The van der Waals surface area contributed by atoms with Crippen molar-refractivity contribution in [3.05, 3.63) is 65.4 Å². The summed E-state index contributed by atoms with van der Waals surface area (Å²) < 4.78 is 11.7. The van der Waals surface area contributed by atoms with Crippen molar-refractivity contribution in [2.24, 2.45) is 11.8 Å². The van der Waals surface area contributed by atoms with Gasteiger partial charge >= 0.3 is 6.03 Å². The van der Waals surface area contributed by atoms with E-state index in [0.29, 0.717) is 53.9 Å². The number of hydrogen-bond acceptors (Lipinski definition) is 8. The summed E-state index contributed by atoms with van der Waals surface area (Å²) in [7, 11) is 4.18. The van der Waals surface area contributed by atoms with E-state index in [0.717, 1.165) is 95.0 Å². The molecule has 3 aliphatic heterocycles. The van der Waals surface area contributed by atoms with E-state index >= 15 is 0 Å². The maximum atomic E-state index is 13.0. The fourth-order valence-electron chi connectivity index (χ4n) is 7.80. The number of aryl methyl sites for hydroxylation is 1. The van der Waals surface area contributed by atoms with Crippen LogP contribution in [0.2, 0.25) is 0 Å². The second-order valence-corrected chi connectivity index (χ2v) is 14.1. The van der Waals surface area contributed by atoms with Crippen molar-refractivity contribution in [2.45, 2.75) is 51.0 Å². The summed E-state index contributed by atoms with van der Waals surface area (Å²) in [5.41, 5.74) is 5.26. The second kappa shape index (κ2) is 15.2. The first kappa shape index (κ1) is 33.4. The standard InChI is InChI=1S/C38H49N7O4/c1-43(2)32-15-17-45(18-16-32)37(46)28-7-12-31(13-8-28)40-38(47)39-30-10-5-27(6-11-30)35-41-34-14-9-26-4-3-21-49-25-29(26)24-33(34)36(42-35)44-19-22-48-23-20-44/h5-8,10-13,26,29,32H,3-4,9,14-25H2,1-2H3,(H2,39,40,47). The predicted molar refractivity (Wildman–Crippen MR) is 191 cm³/mol. The van der Waals surface area contributed by atoms with Crippen molar-refractivity contribution in [2.75, 3.05) is 82.2 Å². The minimum absolute atomic E-state index is 0.0341. The van der Waals surface area contributed by atoms with Gasteiger partial charge in [-0.3, -0.25) is 4.79 Å². The molecule has 3 fully saturated rings. The Bertz CT molecular complexity index is 1600. The zero-order chi connectivity index (χ0) is 33.7. The molecule has 1 aliphatic carbocycles. The van der Waals surface area contributed by atoms with Gasteiger partial charge in [0.15, 0.2) is 5.82 Å². The van der Waals surface area contributed by atoms with Gasteiger partial charge in [-0.2, -0.15) is 0 Å². The van der Waals surface area contributed by atoms with Crippen LogP contribution in [0.3, 0.4) is 0 Å². The minimum atomic E-state index is -0.352. The van der Waals surface area contributed by atoms with Crippen LogP contribution in [0.5, 0.6) is 0 Å². The van der Waals surface area contributed by atoms with E-state index in [1.165, 1.54) is 12.0 Å². The summed E-state index contributed by atoms with van der Waals surface area (Å²) >= 11 is 0. The molecule has 3 amide bonds. The summed E-state index contributed by atoms with van der Waals surface area (Å²) in [6.45, 7) is 6.23. The molecule has 4 aliphatic rings. The highest BCUT2D eigenvalue weighted by Crippen LogP contribution is 2.38. The van der Waals surface area contributed by atoms with Gasteiger partial charge in [0.05, 0.1) is 13.2 Å². The lowest BCUT2D eigenvalue weighted by atomic mass is 9.85. The van der Waals surface area contributed by atoms with Gasteiger partial charge < -0.3 is 34.8 Å². The number of ether oxygens (including phenoxy) is 2. The first-order valence-electron chi connectivity index (χ1n) is 18.0. The number of hydrogen-bond donors (Lipinski definition) is 2. The van der Waals surface area contributed by atoms with Gasteiger partial charge in [-0.05, 0) is 119 Å². The Hall–Kier alpha value is -4.06. The Kier molecular flexibility index (Phi) is 10.4. The first-order chi connectivity index (χ1) is 23.9. The molecule has 260 valence electrons. The molecule has 3 saturated heterocycles. The predicted octanol–water partition coefficient (Wildman–Crippen LogP) is 5.32. The molecule has 0 bridgehead atoms. The van der Waals surface area contributed by atoms with Crippen LogP contribution < -0.4 is 15.5 Å². The normalized spacial score (nSPS) is 21.7. The molecule has 0 radical (unpaired) electrons. The lowest BCUT2D eigenvalue weighted by Crippen LogP contribution is -2.44. The van der Waals surface area contributed by atoms with Crippen LogP contribution in [0.4, 0.5) is 22.0 Å². The third-order valence-corrected chi connectivity index (χ3v) is 10.7. The van der Waals surface area contributed by atoms with Crippen LogP contribution >= 0.6 is 0 Å². The lowest BCUT2D eigenvalue weighted by molar-refractivity contribution is 0.0663. The summed E-state index contributed by atoms with van der Waals surface area (Å²) in [6, 6.07) is 15.0. The first-order valence-corrected chi connectivity index (χ1v) is 18.0. The van der Waals surface area contributed by atoms with E-state index in [4.69, 9.17) is 19.4 Å². The number of urea groups is 1. The monoisotopic (exact) mass is 667 g/mol. The molecular weight excluding hydrogens is 618 g/mol. The molecular formula is C38H49N7O4. The fourth-order valence-corrected chi connectivity index (χ4v) is 7.80. The van der Waals surface area contributed by atoms with Crippen LogP contribution in [-0.2, 0) is 22.3 Å². The number of rotatable bonds is 6. The summed E-state index contributed by atoms with van der Waals surface area (Å²) in [5, 5.41) is 5.80. The molecule has 49 heavy (non-hydrogen) atoms. The lowest BCUT2D eigenvalue weighted by Gasteiger charge is -2.35. The number of aromatic nitrogens is 2. The van der Waals surface area contributed by atoms with E-state index in [1.54, 1.807) is 24.3 Å². The SMILES string of the molecule is CN(C)C1CCN(C(=O)c2ccc(NC(=O)Nc3ccc(-c4nc5c(c(N6CCOCC6)n4)CC4COCCCC4CC5)cc3)cc2)CC1. The van der Waals surface area contributed by atoms with Crippen LogP contribution in [-0.4, -0.2) is 104 Å². The molecule has 2 N–H and O–H groups in total. The van der Waals surface area contributed by atoms with E-state index in [2.05, 4.69) is 34.5 Å². The fraction of sp³-hybridized carbons (Fsp3) is 0.526. The number of benzene rings is 2. The highest BCUT2D eigenvalue weighted by molar-refractivity contribution is 6.00. The van der Waals surface area contributed by atoms with Crippen LogP contribution in [0.25, 0.3) is 11.4 Å². The number of fused-ring (bicyclic) bond motifs is 2. The highest BCUT2D eigenvalue weighted by Gasteiger charge is 2.32. The van der Waals surface area contributed by atoms with E-state index in [-0.39, 0.29) is 11.9 Å². The van der Waals surface area contributed by atoms with Gasteiger partial charge in [-0.1, -0.05) is 0 Å². The number of piperidine rings is 1. The van der Waals surface area contributed by atoms with Crippen molar-refractivity contribution < 1.29 is 19.1 Å². The smallest absolute Gasteiger partial charge is 0.323 e. The van der Waals surface area contributed by atoms with Crippen LogP contribution in [0.1, 0.15) is 53.7 Å². The largest absolute Gasteiger partial charge is 0.381 e. The van der Waals surface area contributed by atoms with Crippen LogP contribution in [0, 0.1) is 11.8 Å². The maximum Gasteiger partial charge on any atom is 0.323 e. The summed E-state index contributed by atoms with van der Waals surface area (Å²) in [5.74, 6) is 2.95. The zero-order valence-corrected chi connectivity index (χ0v) is 28.8. The zero-order valence-electron chi connectivity index (χ0n) is 28.8. The highest BCUT2D eigenvalue weighted by atomic mass is 16.5. The average molecular weight is 668 g/mol. The third-order valence-electron chi connectivity index (χ3n) is 10.7. The molecule has 11 heteroatoms. The Morgan fingerprint density at radius 1 is 0.796 bits per heavy atom. The summed E-state index contributed by atoms with van der Waals surface area (Å²) in [6.07, 6.45) is 7.35. The van der Waals surface area contributed by atoms with Crippen molar-refractivity contribution in [3.63, 3.8) is 0 Å². The topological polar surface area (TPSA) is 112 Å². The molecule has 4 heterocycles. The van der Waals surface area contributed by atoms with Crippen molar-refractivity contribution >= 4 is 29.1 Å². The second-order valence-electron chi connectivity index (χ2n) is 14.1. The number of nitrogens with zero attached hydrogens (tertiary/aromatic N) is 5. The molecule has 2 atom stereocenters. The minimum Gasteiger partial charge on any atom is -0.381 e. The molecule has 2 unspecified atom stereocenters. The molecule has 3 aromatic rings. The van der Waals surface area contributed by atoms with Gasteiger partial charge in [0, 0.05) is 79.2 Å². The number of morpholine rings is 1. The number of carbonyl (C=O) groups is 2. The molecule has 11 nitrogen and oxygen atoms in total. The molecule has 2 aromatic carbocycles. The molecule has 1 aromatic heterocycles. The number of amides is 3. The van der Waals surface area contributed by atoms with Gasteiger partial charge in [0.2, 0.25) is 0 Å². The van der Waals surface area contributed by atoms with Gasteiger partial charge in [0.1, 0.15) is 5.82 Å². The Morgan fingerprint density at radius 2 is 1.49 bits per heavy atom. The Labute approximate surface area is 289 Å². The number of nitrogens with one attached hydrogen (secondary N) is 2. The van der Waals surface area contributed by atoms with Gasteiger partial charge in [-0.15, -0.1) is 0 Å². The number of likely N-dealkylation sites (tertiary alicyclic amines) is 1. The van der Waals surface area contributed by atoms with Crippen LogP contribution in [0.15, 0.2) is 48.5 Å². The molecule has 0 saturated carbocycles. The maximum absolute atomic E-state index is 13.0. The van der Waals surface area contributed by atoms with Gasteiger partial charge in [0.25, 0.3) is 5.91 Å². The van der Waals surface area contributed by atoms with E-state index in [9.17, 15) is 9.59 Å². The molecule has 7 rings (SSSR count). The Morgan fingerprint density at radius 3 is 2.18 bits per heavy atom. The van der Waals surface area contributed by atoms with Crippen molar-refractivity contribution in [1.82, 2.24) is 19.8 Å². The average Bonchev–Trinajstić information content (AvgIpc) is 3.46. The van der Waals surface area contributed by atoms with Crippen molar-refractivity contribution in [1.29, 1.82) is 0 Å². The molecule has 0 spiro atoms.